The number of carbonyl (C=O) groups excluding carboxylic acids is 1. The summed E-state index contributed by atoms with van der Waals surface area (Å²) in [7, 11) is 0. The van der Waals surface area contributed by atoms with Gasteiger partial charge in [0.1, 0.15) is 5.71 Å². The monoisotopic (exact) mass is 321 g/mol. The molecule has 1 aromatic rings. The number of hydrogen-bond acceptors (Lipinski definition) is 7. The van der Waals surface area contributed by atoms with Crippen LogP contribution in [-0.2, 0) is 14.3 Å². The number of aliphatic carboxylic acids is 1. The number of ether oxygens (including phenoxy) is 1. The molecule has 0 saturated heterocycles. The molecular formula is C14H15N3O6. The molecule has 9 heteroatoms. The van der Waals surface area contributed by atoms with Crippen LogP contribution in [0.15, 0.2) is 29.4 Å². The average molecular weight is 321 g/mol. The second kappa shape index (κ2) is 6.03. The summed E-state index contributed by atoms with van der Waals surface area (Å²) in [4.78, 5) is 33.6. The molecule has 1 N–H and O–H groups in total. The summed E-state index contributed by atoms with van der Waals surface area (Å²) in [5.41, 5.74) is -1.27. The van der Waals surface area contributed by atoms with E-state index in [4.69, 9.17) is 4.74 Å². The van der Waals surface area contributed by atoms with Crippen molar-refractivity contribution in [3.05, 3.63) is 34.4 Å². The summed E-state index contributed by atoms with van der Waals surface area (Å²) in [6.45, 7) is 3.21. The van der Waals surface area contributed by atoms with Gasteiger partial charge < -0.3 is 9.84 Å². The van der Waals surface area contributed by atoms with Crippen LogP contribution >= 0.6 is 0 Å². The van der Waals surface area contributed by atoms with Gasteiger partial charge in [-0.3, -0.25) is 10.1 Å². The smallest absolute Gasteiger partial charge is 0.354 e. The maximum atomic E-state index is 11.8. The maximum absolute atomic E-state index is 11.8. The average Bonchev–Trinajstić information content (AvgIpc) is 2.87. The van der Waals surface area contributed by atoms with E-state index in [1.165, 1.54) is 36.2 Å². The zero-order valence-electron chi connectivity index (χ0n) is 12.6. The topological polar surface area (TPSA) is 122 Å². The van der Waals surface area contributed by atoms with Crippen molar-refractivity contribution in [2.75, 3.05) is 11.6 Å². The van der Waals surface area contributed by atoms with Gasteiger partial charge in [-0.15, -0.1) is 0 Å². The minimum atomic E-state index is -1.47. The van der Waals surface area contributed by atoms with E-state index in [1.807, 2.05) is 0 Å². The second-order valence-corrected chi connectivity index (χ2v) is 5.11. The van der Waals surface area contributed by atoms with Gasteiger partial charge in [-0.1, -0.05) is 0 Å². The molecule has 0 radical (unpaired) electrons. The number of nitro benzene ring substituents is 1. The van der Waals surface area contributed by atoms with Gasteiger partial charge in [0.2, 0.25) is 0 Å². The fraction of sp³-hybridized carbons (Fsp3) is 0.357. The molecule has 1 aromatic carbocycles. The number of esters is 1. The molecule has 0 amide bonds. The Bertz CT molecular complexity index is 684. The standard InChI is InChI=1S/C14H15N3O6/c1-3-23-12(18)11-8-14(2,13(19)20)16(15-11)9-4-6-10(7-5-9)17(21)22/h4-7H,3,8H2,1-2H3,(H,19,20)/t14-/m1/s1. The van der Waals surface area contributed by atoms with E-state index in [0.717, 1.165) is 0 Å². The highest BCUT2D eigenvalue weighted by Crippen LogP contribution is 2.34. The van der Waals surface area contributed by atoms with Crippen LogP contribution in [-0.4, -0.2) is 39.8 Å². The van der Waals surface area contributed by atoms with Crippen LogP contribution in [0, 0.1) is 10.1 Å². The number of rotatable bonds is 5. The summed E-state index contributed by atoms with van der Waals surface area (Å²) in [6.07, 6.45) is -0.127. The molecule has 1 aliphatic heterocycles. The Morgan fingerprint density at radius 2 is 2.04 bits per heavy atom. The molecule has 0 bridgehead atoms. The van der Waals surface area contributed by atoms with Crippen molar-refractivity contribution in [3.8, 4) is 0 Å². The molecule has 1 aliphatic rings. The number of carboxylic acid groups (broad SMARTS) is 1. The number of benzene rings is 1. The molecule has 2 rings (SSSR count). The first-order chi connectivity index (χ1) is 10.8. The molecular weight excluding hydrogens is 306 g/mol. The lowest BCUT2D eigenvalue weighted by Gasteiger charge is -2.29. The minimum absolute atomic E-state index is 0.00453. The quantitative estimate of drug-likeness (QED) is 0.496. The molecule has 0 spiro atoms. The van der Waals surface area contributed by atoms with Crippen LogP contribution in [0.25, 0.3) is 0 Å². The first-order valence-electron chi connectivity index (χ1n) is 6.82. The summed E-state index contributed by atoms with van der Waals surface area (Å²) in [6, 6.07) is 5.26. The Morgan fingerprint density at radius 1 is 1.43 bits per heavy atom. The number of nitrogens with zero attached hydrogens (tertiary/aromatic N) is 3. The predicted octanol–water partition coefficient (Wildman–Crippen LogP) is 1.57. The zero-order chi connectivity index (χ0) is 17.2. The molecule has 1 heterocycles. The van der Waals surface area contributed by atoms with Crippen molar-refractivity contribution in [2.24, 2.45) is 5.10 Å². The first kappa shape index (κ1) is 16.4. The number of carboxylic acids is 1. The van der Waals surface area contributed by atoms with E-state index >= 15 is 0 Å². The van der Waals surface area contributed by atoms with Crippen molar-refractivity contribution in [2.45, 2.75) is 25.8 Å². The van der Waals surface area contributed by atoms with Crippen LogP contribution in [0.3, 0.4) is 0 Å². The number of hydrazone groups is 1. The summed E-state index contributed by atoms with van der Waals surface area (Å²) in [5.74, 6) is -1.84. The molecule has 0 unspecified atom stereocenters. The van der Waals surface area contributed by atoms with Gasteiger partial charge in [0, 0.05) is 18.6 Å². The molecule has 0 saturated carbocycles. The Hall–Kier alpha value is -2.97. The molecule has 1 atom stereocenters. The van der Waals surface area contributed by atoms with E-state index < -0.39 is 22.4 Å². The van der Waals surface area contributed by atoms with Gasteiger partial charge in [0.05, 0.1) is 17.2 Å². The summed E-state index contributed by atoms with van der Waals surface area (Å²) in [5, 5.41) is 25.4. The van der Waals surface area contributed by atoms with Gasteiger partial charge in [-0.05, 0) is 26.0 Å². The molecule has 0 aliphatic carbocycles. The van der Waals surface area contributed by atoms with Crippen molar-refractivity contribution in [1.82, 2.24) is 0 Å². The van der Waals surface area contributed by atoms with Gasteiger partial charge >= 0.3 is 11.9 Å². The van der Waals surface area contributed by atoms with Crippen LogP contribution < -0.4 is 5.01 Å². The zero-order valence-corrected chi connectivity index (χ0v) is 12.6. The third-order valence-electron chi connectivity index (χ3n) is 3.48. The fourth-order valence-electron chi connectivity index (χ4n) is 2.22. The SMILES string of the molecule is CCOC(=O)C1=NN(c2ccc([N+](=O)[O-])cc2)[C@@](C)(C(=O)O)C1. The van der Waals surface area contributed by atoms with Crippen molar-refractivity contribution in [1.29, 1.82) is 0 Å². The Morgan fingerprint density at radius 3 is 2.52 bits per heavy atom. The Kier molecular flexibility index (Phi) is 4.30. The van der Waals surface area contributed by atoms with Crippen molar-refractivity contribution >= 4 is 29.0 Å². The van der Waals surface area contributed by atoms with Crippen LogP contribution in [0.1, 0.15) is 20.3 Å². The first-order valence-corrected chi connectivity index (χ1v) is 6.82. The van der Waals surface area contributed by atoms with Gasteiger partial charge in [0.25, 0.3) is 5.69 Å². The van der Waals surface area contributed by atoms with Gasteiger partial charge in [0.15, 0.2) is 5.54 Å². The van der Waals surface area contributed by atoms with Crippen LogP contribution in [0.4, 0.5) is 11.4 Å². The Labute approximate surface area is 131 Å². The lowest BCUT2D eigenvalue weighted by molar-refractivity contribution is -0.384. The number of non-ortho nitro benzene ring substituents is 1. The van der Waals surface area contributed by atoms with Crippen LogP contribution in [0.5, 0.6) is 0 Å². The van der Waals surface area contributed by atoms with Crippen molar-refractivity contribution in [3.63, 3.8) is 0 Å². The van der Waals surface area contributed by atoms with Crippen LogP contribution in [0.2, 0.25) is 0 Å². The highest BCUT2D eigenvalue weighted by molar-refractivity contribution is 6.38. The maximum Gasteiger partial charge on any atom is 0.354 e. The van der Waals surface area contributed by atoms with Gasteiger partial charge in [-0.2, -0.15) is 5.10 Å². The molecule has 23 heavy (non-hydrogen) atoms. The van der Waals surface area contributed by atoms with E-state index in [1.54, 1.807) is 6.92 Å². The fourth-order valence-corrected chi connectivity index (χ4v) is 2.22. The molecule has 0 aromatic heterocycles. The molecule has 122 valence electrons. The van der Waals surface area contributed by atoms with Crippen molar-refractivity contribution < 1.29 is 24.4 Å². The lowest BCUT2D eigenvalue weighted by atomic mass is 9.95. The third kappa shape index (κ3) is 2.98. The highest BCUT2D eigenvalue weighted by atomic mass is 16.6. The number of carbonyl (C=O) groups is 2. The lowest BCUT2D eigenvalue weighted by Crippen LogP contribution is -2.47. The van der Waals surface area contributed by atoms with Gasteiger partial charge in [-0.25, -0.2) is 14.6 Å². The van der Waals surface area contributed by atoms with E-state index in [-0.39, 0.29) is 24.4 Å². The number of hydrogen-bond donors (Lipinski definition) is 1. The summed E-state index contributed by atoms with van der Waals surface area (Å²) < 4.78 is 4.86. The minimum Gasteiger partial charge on any atom is -0.479 e. The number of anilines is 1. The largest absolute Gasteiger partial charge is 0.479 e. The Balaban J connectivity index is 2.40. The molecule has 0 fully saturated rings. The van der Waals surface area contributed by atoms with E-state index in [2.05, 4.69) is 5.10 Å². The summed E-state index contributed by atoms with van der Waals surface area (Å²) >= 11 is 0. The van der Waals surface area contributed by atoms with E-state index in [9.17, 15) is 24.8 Å². The second-order valence-electron chi connectivity index (χ2n) is 5.11. The highest BCUT2D eigenvalue weighted by Gasteiger charge is 2.48. The molecule has 9 nitrogen and oxygen atoms in total. The number of nitro groups is 1. The van der Waals surface area contributed by atoms with E-state index in [0.29, 0.717) is 5.69 Å². The normalized spacial score (nSPS) is 20.1. The predicted molar refractivity (Wildman–Crippen MR) is 80.3 cm³/mol. The third-order valence-corrected chi connectivity index (χ3v) is 3.48.